The van der Waals surface area contributed by atoms with E-state index >= 15 is 0 Å². The zero-order valence-corrected chi connectivity index (χ0v) is 17.8. The van der Waals surface area contributed by atoms with Crippen molar-refractivity contribution < 1.29 is 9.84 Å². The molecule has 2 nitrogen and oxygen atoms in total. The van der Waals surface area contributed by atoms with Crippen LogP contribution in [-0.2, 0) is 4.74 Å². The van der Waals surface area contributed by atoms with Crippen LogP contribution < -0.4 is 0 Å². The summed E-state index contributed by atoms with van der Waals surface area (Å²) in [6, 6.07) is 8.66. The van der Waals surface area contributed by atoms with E-state index in [1.807, 2.05) is 6.92 Å². The molecule has 0 aromatic heterocycles. The first-order valence-electron chi connectivity index (χ1n) is 11.6. The van der Waals surface area contributed by atoms with Gasteiger partial charge in [0.2, 0.25) is 0 Å². The summed E-state index contributed by atoms with van der Waals surface area (Å²) in [5, 5.41) is 9.93. The number of aliphatic hydroxyl groups is 1. The summed E-state index contributed by atoms with van der Waals surface area (Å²) < 4.78 is 6.14. The maximum absolute atomic E-state index is 9.93. The van der Waals surface area contributed by atoms with Crippen LogP contribution in [0.4, 0.5) is 0 Å². The molecule has 0 bridgehead atoms. The lowest BCUT2D eigenvalue weighted by Crippen LogP contribution is -2.21. The van der Waals surface area contributed by atoms with Gasteiger partial charge >= 0.3 is 0 Å². The molecule has 1 saturated carbocycles. The average molecular weight is 375 g/mol. The largest absolute Gasteiger partial charge is 0.388 e. The van der Waals surface area contributed by atoms with Crippen LogP contribution in [0.25, 0.3) is 0 Å². The number of benzene rings is 1. The average Bonchev–Trinajstić information content (AvgIpc) is 2.72. The van der Waals surface area contributed by atoms with Gasteiger partial charge in [0.05, 0.1) is 12.2 Å². The molecule has 154 valence electrons. The van der Waals surface area contributed by atoms with Crippen molar-refractivity contribution in [2.24, 2.45) is 0 Å². The Morgan fingerprint density at radius 3 is 2.04 bits per heavy atom. The van der Waals surface area contributed by atoms with Gasteiger partial charge in [-0.3, -0.25) is 0 Å². The Hall–Kier alpha value is -0.860. The van der Waals surface area contributed by atoms with Crippen molar-refractivity contribution in [1.82, 2.24) is 0 Å². The third kappa shape index (κ3) is 8.35. The summed E-state index contributed by atoms with van der Waals surface area (Å²) in [4.78, 5) is 0. The van der Waals surface area contributed by atoms with Gasteiger partial charge in [0, 0.05) is 6.61 Å². The molecule has 0 heterocycles. The lowest BCUT2D eigenvalue weighted by Gasteiger charge is -2.29. The van der Waals surface area contributed by atoms with E-state index in [-0.39, 0.29) is 6.10 Å². The highest BCUT2D eigenvalue weighted by Crippen LogP contribution is 2.34. The van der Waals surface area contributed by atoms with Gasteiger partial charge in [-0.05, 0) is 55.6 Å². The molecule has 1 aromatic carbocycles. The molecule has 0 spiro atoms. The first kappa shape index (κ1) is 22.4. The normalized spacial score (nSPS) is 21.3. The molecule has 1 unspecified atom stereocenters. The fourth-order valence-electron chi connectivity index (χ4n) is 4.27. The topological polar surface area (TPSA) is 29.5 Å². The summed E-state index contributed by atoms with van der Waals surface area (Å²) in [5.41, 5.74) is 2.48. The number of ether oxygens (including phenoxy) is 1. The van der Waals surface area contributed by atoms with E-state index in [2.05, 4.69) is 31.2 Å². The van der Waals surface area contributed by atoms with Crippen molar-refractivity contribution in [3.05, 3.63) is 35.4 Å². The quantitative estimate of drug-likeness (QED) is 0.367. The molecule has 1 aliphatic rings. The first-order valence-corrected chi connectivity index (χ1v) is 11.6. The smallest absolute Gasteiger partial charge is 0.0787 e. The zero-order chi connectivity index (χ0) is 19.3. The van der Waals surface area contributed by atoms with Gasteiger partial charge in [0.25, 0.3) is 0 Å². The third-order valence-electron chi connectivity index (χ3n) is 6.20. The molecule has 1 atom stereocenters. The fraction of sp³-hybridized carbons (Fsp3) is 0.760. The summed E-state index contributed by atoms with van der Waals surface area (Å²) in [6.07, 6.45) is 16.7. The standard InChI is InChI=1S/C25H42O2/c1-3-5-6-7-8-9-10-11-20-27-24-18-16-22(17-19-24)21-12-14-23(15-13-21)25(26)4-2/h12-15,22,24-26H,3-11,16-20H2,1-2H3. The first-order chi connectivity index (χ1) is 13.2. The Bertz CT molecular complexity index is 474. The predicted octanol–water partition coefficient (Wildman–Crippen LogP) is 7.31. The van der Waals surface area contributed by atoms with E-state index in [4.69, 9.17) is 4.74 Å². The third-order valence-corrected chi connectivity index (χ3v) is 6.20. The summed E-state index contributed by atoms with van der Waals surface area (Å²) in [5.74, 6) is 0.667. The van der Waals surface area contributed by atoms with E-state index in [1.54, 1.807) is 0 Å². The highest BCUT2D eigenvalue weighted by atomic mass is 16.5. The van der Waals surface area contributed by atoms with E-state index < -0.39 is 0 Å². The highest BCUT2D eigenvalue weighted by molar-refractivity contribution is 5.27. The van der Waals surface area contributed by atoms with Crippen LogP contribution in [0.15, 0.2) is 24.3 Å². The fourth-order valence-corrected chi connectivity index (χ4v) is 4.27. The van der Waals surface area contributed by atoms with Crippen LogP contribution in [-0.4, -0.2) is 17.8 Å². The van der Waals surface area contributed by atoms with Crippen LogP contribution >= 0.6 is 0 Å². The van der Waals surface area contributed by atoms with Crippen molar-refractivity contribution >= 4 is 0 Å². The van der Waals surface area contributed by atoms with E-state index in [0.717, 1.165) is 18.6 Å². The van der Waals surface area contributed by atoms with Crippen LogP contribution in [0.1, 0.15) is 120 Å². The van der Waals surface area contributed by atoms with Crippen molar-refractivity contribution in [1.29, 1.82) is 0 Å². The number of unbranched alkanes of at least 4 members (excludes halogenated alkanes) is 7. The summed E-state index contributed by atoms with van der Waals surface area (Å²) in [6.45, 7) is 5.25. The molecule has 0 aliphatic heterocycles. The van der Waals surface area contributed by atoms with E-state index in [1.165, 1.54) is 82.6 Å². The van der Waals surface area contributed by atoms with Gasteiger partial charge in [-0.15, -0.1) is 0 Å². The minimum absolute atomic E-state index is 0.320. The molecule has 0 saturated heterocycles. The zero-order valence-electron chi connectivity index (χ0n) is 17.8. The monoisotopic (exact) mass is 374 g/mol. The lowest BCUT2D eigenvalue weighted by atomic mass is 9.82. The minimum Gasteiger partial charge on any atom is -0.388 e. The second-order valence-corrected chi connectivity index (χ2v) is 8.41. The molecular formula is C25H42O2. The minimum atomic E-state index is -0.320. The molecule has 0 radical (unpaired) electrons. The molecule has 1 aromatic rings. The van der Waals surface area contributed by atoms with Gasteiger partial charge in [-0.2, -0.15) is 0 Å². The van der Waals surface area contributed by atoms with Crippen LogP contribution in [0.5, 0.6) is 0 Å². The van der Waals surface area contributed by atoms with Gasteiger partial charge < -0.3 is 9.84 Å². The molecule has 1 aliphatic carbocycles. The molecule has 2 rings (SSSR count). The Morgan fingerprint density at radius 1 is 0.852 bits per heavy atom. The van der Waals surface area contributed by atoms with E-state index in [9.17, 15) is 5.11 Å². The molecule has 27 heavy (non-hydrogen) atoms. The van der Waals surface area contributed by atoms with Gasteiger partial charge in [0.15, 0.2) is 0 Å². The second-order valence-electron chi connectivity index (χ2n) is 8.41. The Labute approximate surface area is 167 Å². The molecule has 2 heteroatoms. The second kappa shape index (κ2) is 13.3. The Morgan fingerprint density at radius 2 is 1.44 bits per heavy atom. The SMILES string of the molecule is CCCCCCCCCCOC1CCC(c2ccc(C(O)CC)cc2)CC1. The van der Waals surface area contributed by atoms with Gasteiger partial charge in [-0.1, -0.05) is 83.1 Å². The van der Waals surface area contributed by atoms with Gasteiger partial charge in [0.1, 0.15) is 0 Å². The molecule has 1 N–H and O–H groups in total. The lowest BCUT2D eigenvalue weighted by molar-refractivity contribution is 0.0226. The van der Waals surface area contributed by atoms with Gasteiger partial charge in [-0.25, -0.2) is 0 Å². The molecule has 0 amide bonds. The number of aliphatic hydroxyl groups excluding tert-OH is 1. The molecular weight excluding hydrogens is 332 g/mol. The van der Waals surface area contributed by atoms with Crippen molar-refractivity contribution in [3.63, 3.8) is 0 Å². The van der Waals surface area contributed by atoms with Crippen LogP contribution in [0.3, 0.4) is 0 Å². The maximum Gasteiger partial charge on any atom is 0.0787 e. The number of hydrogen-bond donors (Lipinski definition) is 1. The summed E-state index contributed by atoms with van der Waals surface area (Å²) >= 11 is 0. The number of hydrogen-bond acceptors (Lipinski definition) is 2. The Kier molecular flexibility index (Phi) is 11.1. The van der Waals surface area contributed by atoms with Crippen LogP contribution in [0.2, 0.25) is 0 Å². The van der Waals surface area contributed by atoms with Crippen LogP contribution in [0, 0.1) is 0 Å². The Balaban J connectivity index is 1.55. The summed E-state index contributed by atoms with van der Waals surface area (Å²) in [7, 11) is 0. The predicted molar refractivity (Wildman–Crippen MR) is 115 cm³/mol. The number of rotatable bonds is 13. The maximum atomic E-state index is 9.93. The van der Waals surface area contributed by atoms with Crippen molar-refractivity contribution in [2.75, 3.05) is 6.61 Å². The van der Waals surface area contributed by atoms with Crippen molar-refractivity contribution in [2.45, 2.75) is 115 Å². The molecule has 1 fully saturated rings. The van der Waals surface area contributed by atoms with Crippen molar-refractivity contribution in [3.8, 4) is 0 Å². The van der Waals surface area contributed by atoms with E-state index in [0.29, 0.717) is 12.0 Å². The highest BCUT2D eigenvalue weighted by Gasteiger charge is 2.22.